The first kappa shape index (κ1) is 34.1. The monoisotopic (exact) mass is 767 g/mol. The zero-order valence-electron chi connectivity index (χ0n) is 33.2. The molecular weight excluding hydrogens is 727 g/mol. The molecule has 1 unspecified atom stereocenters. The lowest BCUT2D eigenvalue weighted by Crippen LogP contribution is -2.63. The summed E-state index contributed by atoms with van der Waals surface area (Å²) in [7, 11) is -2.31. The van der Waals surface area contributed by atoms with Gasteiger partial charge in [-0.25, -0.2) is 0 Å². The van der Waals surface area contributed by atoms with Gasteiger partial charge < -0.3 is 4.90 Å². The maximum Gasteiger partial charge on any atom is 0.113 e. The second kappa shape index (κ2) is 12.7. The van der Waals surface area contributed by atoms with Gasteiger partial charge in [-0.15, -0.1) is 0 Å². The molecule has 1 nitrogen and oxygen atoms in total. The molecule has 0 saturated carbocycles. The van der Waals surface area contributed by atoms with Gasteiger partial charge in [-0.3, -0.25) is 0 Å². The van der Waals surface area contributed by atoms with Crippen LogP contribution < -0.4 is 15.3 Å². The van der Waals surface area contributed by atoms with Crippen molar-refractivity contribution in [3.05, 3.63) is 235 Å². The molecule has 12 rings (SSSR count). The summed E-state index contributed by atoms with van der Waals surface area (Å²) in [5.74, 6) is 0. The third-order valence-electron chi connectivity index (χ3n) is 13.5. The van der Waals surface area contributed by atoms with Gasteiger partial charge in [0, 0.05) is 16.9 Å². The Morgan fingerprint density at radius 2 is 0.915 bits per heavy atom. The molecule has 59 heavy (non-hydrogen) atoms. The Balaban J connectivity index is 1.19. The Hall–Kier alpha value is -7.00. The van der Waals surface area contributed by atoms with Gasteiger partial charge in [0.25, 0.3) is 0 Å². The average Bonchev–Trinajstić information content (AvgIpc) is 3.29. The van der Waals surface area contributed by atoms with Crippen LogP contribution in [0.2, 0.25) is 13.1 Å². The lowest BCUT2D eigenvalue weighted by Gasteiger charge is -2.50. The highest BCUT2D eigenvalue weighted by Crippen LogP contribution is 2.56. The lowest BCUT2D eigenvalue weighted by molar-refractivity contribution is 0.754. The first-order valence-electron chi connectivity index (χ1n) is 20.8. The minimum atomic E-state index is -2.31. The molecule has 0 N–H and O–H groups in total. The summed E-state index contributed by atoms with van der Waals surface area (Å²) < 4.78 is 0. The predicted octanol–water partition coefficient (Wildman–Crippen LogP) is 13.8. The van der Waals surface area contributed by atoms with Crippen molar-refractivity contribution >= 4 is 67.8 Å². The molecule has 0 bridgehead atoms. The third kappa shape index (κ3) is 4.84. The predicted molar refractivity (Wildman–Crippen MR) is 253 cm³/mol. The highest BCUT2D eigenvalue weighted by Gasteiger charge is 2.52. The van der Waals surface area contributed by atoms with Crippen molar-refractivity contribution in [1.29, 1.82) is 0 Å². The van der Waals surface area contributed by atoms with E-state index in [0.717, 1.165) is 11.4 Å². The molecule has 0 saturated heterocycles. The van der Waals surface area contributed by atoms with Crippen LogP contribution >= 0.6 is 0 Å². The maximum atomic E-state index is 2.58. The van der Waals surface area contributed by atoms with Crippen molar-refractivity contribution in [2.75, 3.05) is 4.90 Å². The molecule has 1 spiro atoms. The van der Waals surface area contributed by atoms with Crippen LogP contribution in [0.1, 0.15) is 22.3 Å². The lowest BCUT2D eigenvalue weighted by atomic mass is 9.59. The highest BCUT2D eigenvalue weighted by molar-refractivity contribution is 7.01. The SMILES string of the molecule is C[Si]1(C)c2ccccc2C2(c3ccccc3-c3cccc4cccc2c34)c2ccc(N(c3ccc4ccccc4c3)c3cc4ccccc4cc3-c3ccccc3)cc21. The Morgan fingerprint density at radius 1 is 0.356 bits per heavy atom. The zero-order chi connectivity index (χ0) is 39.3. The molecule has 0 fully saturated rings. The Labute approximate surface area is 346 Å². The van der Waals surface area contributed by atoms with E-state index < -0.39 is 13.5 Å². The Morgan fingerprint density at radius 3 is 1.73 bits per heavy atom. The molecule has 1 atom stereocenters. The first-order chi connectivity index (χ1) is 29.0. The molecule has 0 amide bonds. The summed E-state index contributed by atoms with van der Waals surface area (Å²) in [6, 6.07) is 80.1. The minimum absolute atomic E-state index is 0.483. The normalized spacial score (nSPS) is 15.8. The minimum Gasteiger partial charge on any atom is -0.310 e. The second-order valence-electron chi connectivity index (χ2n) is 16.9. The van der Waals surface area contributed by atoms with Crippen molar-refractivity contribution < 1.29 is 0 Å². The summed E-state index contributed by atoms with van der Waals surface area (Å²) in [6.07, 6.45) is 0. The van der Waals surface area contributed by atoms with Crippen LogP contribution in [-0.2, 0) is 5.41 Å². The van der Waals surface area contributed by atoms with Crippen molar-refractivity contribution in [2.45, 2.75) is 18.5 Å². The van der Waals surface area contributed by atoms with E-state index in [4.69, 9.17) is 0 Å². The van der Waals surface area contributed by atoms with Gasteiger partial charge in [-0.1, -0.05) is 189 Å². The van der Waals surface area contributed by atoms with E-state index in [1.165, 1.54) is 92.9 Å². The molecule has 0 radical (unpaired) electrons. The van der Waals surface area contributed by atoms with E-state index in [1.54, 1.807) is 0 Å². The average molecular weight is 768 g/mol. The Kier molecular flexibility index (Phi) is 7.36. The van der Waals surface area contributed by atoms with Crippen LogP contribution in [0.5, 0.6) is 0 Å². The van der Waals surface area contributed by atoms with Crippen LogP contribution in [0.15, 0.2) is 212 Å². The topological polar surface area (TPSA) is 3.24 Å². The highest BCUT2D eigenvalue weighted by atomic mass is 28.3. The summed E-state index contributed by atoms with van der Waals surface area (Å²) in [6.45, 7) is 5.13. The van der Waals surface area contributed by atoms with Gasteiger partial charge in [-0.2, -0.15) is 0 Å². The molecular formula is C57H41NSi. The molecule has 10 aromatic rings. The van der Waals surface area contributed by atoms with Crippen molar-refractivity contribution in [2.24, 2.45) is 0 Å². The van der Waals surface area contributed by atoms with Crippen molar-refractivity contribution in [3.8, 4) is 22.3 Å². The van der Waals surface area contributed by atoms with Crippen LogP contribution in [0, 0.1) is 0 Å². The van der Waals surface area contributed by atoms with Crippen LogP contribution in [-0.4, -0.2) is 8.07 Å². The van der Waals surface area contributed by atoms with Crippen molar-refractivity contribution in [3.63, 3.8) is 0 Å². The smallest absolute Gasteiger partial charge is 0.113 e. The van der Waals surface area contributed by atoms with E-state index in [1.807, 2.05) is 0 Å². The molecule has 0 aromatic heterocycles. The largest absolute Gasteiger partial charge is 0.310 e. The summed E-state index contributed by atoms with van der Waals surface area (Å²) in [5, 5.41) is 10.6. The van der Waals surface area contributed by atoms with E-state index in [2.05, 4.69) is 230 Å². The molecule has 1 aliphatic carbocycles. The van der Waals surface area contributed by atoms with Gasteiger partial charge >= 0.3 is 0 Å². The van der Waals surface area contributed by atoms with E-state index in [9.17, 15) is 0 Å². The van der Waals surface area contributed by atoms with Crippen LogP contribution in [0.4, 0.5) is 17.1 Å². The number of anilines is 3. The summed E-state index contributed by atoms with van der Waals surface area (Å²) in [5.41, 5.74) is 13.6. The fourth-order valence-corrected chi connectivity index (χ4v) is 14.0. The zero-order valence-corrected chi connectivity index (χ0v) is 34.2. The third-order valence-corrected chi connectivity index (χ3v) is 17.0. The molecule has 1 heterocycles. The quantitative estimate of drug-likeness (QED) is 0.161. The van der Waals surface area contributed by atoms with Crippen molar-refractivity contribution in [1.82, 2.24) is 0 Å². The van der Waals surface area contributed by atoms with E-state index in [0.29, 0.717) is 0 Å². The number of nitrogens with zero attached hydrogens (tertiary/aromatic N) is 1. The first-order valence-corrected chi connectivity index (χ1v) is 23.8. The van der Waals surface area contributed by atoms with Crippen LogP contribution in [0.3, 0.4) is 0 Å². The number of hydrogen-bond acceptors (Lipinski definition) is 1. The van der Waals surface area contributed by atoms with E-state index >= 15 is 0 Å². The standard InChI is InChI=1S/C57H41NSi/c1-59(2)54-29-13-12-27-50(54)57(49-26-11-10-24-46(49)47-25-14-22-40-23-15-28-52(57)56(40)47)51-33-32-45(37-55(51)59)58(44-31-30-38-16-6-7-19-41(38)34-44)53-36-43-21-9-8-20-42(43)35-48(53)39-17-4-3-5-18-39/h3-37H,1-2H3. The van der Waals surface area contributed by atoms with Gasteiger partial charge in [0.15, 0.2) is 0 Å². The molecule has 2 heteroatoms. The molecule has 2 aliphatic rings. The van der Waals surface area contributed by atoms with Gasteiger partial charge in [0.05, 0.1) is 11.1 Å². The van der Waals surface area contributed by atoms with Gasteiger partial charge in [0.2, 0.25) is 0 Å². The fraction of sp³-hybridized carbons (Fsp3) is 0.0526. The number of fused-ring (bicyclic) bond motifs is 10. The summed E-state index contributed by atoms with van der Waals surface area (Å²) >= 11 is 0. The second-order valence-corrected chi connectivity index (χ2v) is 21.2. The number of benzene rings is 10. The maximum absolute atomic E-state index is 2.58. The number of hydrogen-bond donors (Lipinski definition) is 0. The molecule has 10 aromatic carbocycles. The number of rotatable bonds is 4. The fourth-order valence-electron chi connectivity index (χ4n) is 10.8. The van der Waals surface area contributed by atoms with Gasteiger partial charge in [0.1, 0.15) is 8.07 Å². The summed E-state index contributed by atoms with van der Waals surface area (Å²) in [4.78, 5) is 2.53. The van der Waals surface area contributed by atoms with E-state index in [-0.39, 0.29) is 0 Å². The Bertz CT molecular complexity index is 3320. The molecule has 1 aliphatic heterocycles. The van der Waals surface area contributed by atoms with Gasteiger partial charge in [-0.05, 0) is 118 Å². The molecule has 278 valence electrons. The van der Waals surface area contributed by atoms with Crippen LogP contribution in [0.25, 0.3) is 54.6 Å².